The number of H-pyrrole nitrogens is 1. The Hall–Kier alpha value is -5.89. The maximum atomic E-state index is 13.6. The average Bonchev–Trinajstić information content (AvgIpc) is 3.44. The number of para-hydroxylation sites is 1. The average molecular weight is 646 g/mol. The summed E-state index contributed by atoms with van der Waals surface area (Å²) in [4.78, 5) is 66.8. The van der Waals surface area contributed by atoms with E-state index in [2.05, 4.69) is 20.9 Å². The molecule has 0 aliphatic heterocycles. The normalized spacial score (nSPS) is 13.6. The Kier molecular flexibility index (Phi) is 11.1. The first kappa shape index (κ1) is 34.0. The fraction of sp³-hybridized carbons (Fsp3) is 0.242. The molecule has 47 heavy (non-hydrogen) atoms. The van der Waals surface area contributed by atoms with Crippen LogP contribution in [0.1, 0.15) is 23.1 Å². The number of aromatic amines is 1. The molecule has 0 aliphatic rings. The number of aliphatic carboxylic acids is 2. The predicted molar refractivity (Wildman–Crippen MR) is 169 cm³/mol. The highest BCUT2D eigenvalue weighted by Gasteiger charge is 2.32. The fourth-order valence-electron chi connectivity index (χ4n) is 4.98. The highest BCUT2D eigenvalue weighted by molar-refractivity contribution is 5.96. The Morgan fingerprint density at radius 2 is 1.19 bits per heavy atom. The summed E-state index contributed by atoms with van der Waals surface area (Å²) in [5.41, 5.74) is 8.52. The summed E-state index contributed by atoms with van der Waals surface area (Å²) in [5.74, 6) is -5.48. The van der Waals surface area contributed by atoms with Crippen molar-refractivity contribution in [3.05, 3.63) is 95.7 Å². The van der Waals surface area contributed by atoms with Gasteiger partial charge in [-0.25, -0.2) is 4.79 Å². The van der Waals surface area contributed by atoms with Crippen molar-refractivity contribution in [3.63, 3.8) is 0 Å². The number of phenols is 2. The van der Waals surface area contributed by atoms with E-state index >= 15 is 0 Å². The van der Waals surface area contributed by atoms with Gasteiger partial charge in [-0.3, -0.25) is 19.2 Å². The van der Waals surface area contributed by atoms with E-state index in [0.29, 0.717) is 16.7 Å². The summed E-state index contributed by atoms with van der Waals surface area (Å²) in [6.45, 7) is 0. The molecule has 10 N–H and O–H groups in total. The Balaban J connectivity index is 1.52. The number of rotatable bonds is 15. The Bertz CT molecular complexity index is 1740. The quantitative estimate of drug-likeness (QED) is 0.0886. The van der Waals surface area contributed by atoms with Crippen LogP contribution in [0.4, 0.5) is 0 Å². The van der Waals surface area contributed by atoms with Crippen LogP contribution in [0.25, 0.3) is 10.9 Å². The van der Waals surface area contributed by atoms with Crippen molar-refractivity contribution in [3.8, 4) is 11.5 Å². The van der Waals surface area contributed by atoms with Crippen LogP contribution in [0.15, 0.2) is 79.0 Å². The second kappa shape index (κ2) is 15.4. The largest absolute Gasteiger partial charge is 0.508 e. The summed E-state index contributed by atoms with van der Waals surface area (Å²) >= 11 is 0. The molecule has 0 saturated heterocycles. The standard InChI is InChI=1S/C33H35N5O9/c34-24(13-18-5-9-21(39)10-6-18)30(43)36-27(16-29(41)42)32(45)37-26(14-19-7-11-22(40)12-8-19)31(44)38-28(33(46)47)15-20-17-35-25-4-2-1-3-23(20)25/h1-12,17,24,26-28,35,39-40H,13-16,34H2,(H,36,43)(H,37,45)(H,38,44)(H,41,42)(H,46,47). The Morgan fingerprint density at radius 1 is 0.660 bits per heavy atom. The van der Waals surface area contributed by atoms with Crippen molar-refractivity contribution < 1.29 is 44.4 Å². The number of carbonyl (C=O) groups excluding carboxylic acids is 3. The third-order valence-corrected chi connectivity index (χ3v) is 7.46. The molecule has 3 amide bonds. The molecule has 14 heteroatoms. The lowest BCUT2D eigenvalue weighted by Crippen LogP contribution is -2.58. The van der Waals surface area contributed by atoms with Crippen molar-refractivity contribution in [1.82, 2.24) is 20.9 Å². The summed E-state index contributed by atoms with van der Waals surface area (Å²) < 4.78 is 0. The maximum absolute atomic E-state index is 13.6. The molecule has 1 heterocycles. The third kappa shape index (κ3) is 9.55. The molecular weight excluding hydrogens is 610 g/mol. The van der Waals surface area contributed by atoms with Crippen LogP contribution in [-0.2, 0) is 43.2 Å². The number of hydrogen-bond acceptors (Lipinski definition) is 8. The van der Waals surface area contributed by atoms with Crippen LogP contribution in [0, 0.1) is 0 Å². The number of aromatic nitrogens is 1. The molecular formula is C33H35N5O9. The summed E-state index contributed by atoms with van der Waals surface area (Å²) in [6.07, 6.45) is 0.586. The van der Waals surface area contributed by atoms with Crippen LogP contribution in [0.5, 0.6) is 11.5 Å². The smallest absolute Gasteiger partial charge is 0.326 e. The molecule has 0 aliphatic carbocycles. The van der Waals surface area contributed by atoms with Crippen molar-refractivity contribution in [1.29, 1.82) is 0 Å². The predicted octanol–water partition coefficient (Wildman–Crippen LogP) is 0.948. The van der Waals surface area contributed by atoms with Crippen molar-refractivity contribution in [2.45, 2.75) is 49.9 Å². The van der Waals surface area contributed by atoms with Crippen molar-refractivity contribution >= 4 is 40.6 Å². The molecule has 1 aromatic heterocycles. The number of aromatic hydroxyl groups is 2. The topological polar surface area (TPSA) is 244 Å². The van der Waals surface area contributed by atoms with Gasteiger partial charge in [-0.15, -0.1) is 0 Å². The molecule has 0 radical (unpaired) electrons. The van der Waals surface area contributed by atoms with Crippen molar-refractivity contribution in [2.75, 3.05) is 0 Å². The van der Waals surface area contributed by atoms with Gasteiger partial charge in [-0.2, -0.15) is 0 Å². The van der Waals surface area contributed by atoms with Crippen LogP contribution in [-0.4, -0.2) is 79.2 Å². The second-order valence-electron chi connectivity index (χ2n) is 11.0. The minimum atomic E-state index is -1.64. The summed E-state index contributed by atoms with van der Waals surface area (Å²) in [6, 6.07) is 13.3. The van der Waals surface area contributed by atoms with Crippen LogP contribution >= 0.6 is 0 Å². The number of fused-ring (bicyclic) bond motifs is 1. The number of phenolic OH excluding ortho intramolecular Hbond substituents is 2. The zero-order valence-electron chi connectivity index (χ0n) is 25.1. The molecule has 4 atom stereocenters. The van der Waals surface area contributed by atoms with Gasteiger partial charge in [0.1, 0.15) is 29.6 Å². The monoisotopic (exact) mass is 645 g/mol. The molecule has 14 nitrogen and oxygen atoms in total. The van der Waals surface area contributed by atoms with E-state index in [1.54, 1.807) is 24.4 Å². The molecule has 0 fully saturated rings. The van der Waals surface area contributed by atoms with Gasteiger partial charge in [0, 0.05) is 29.9 Å². The highest BCUT2D eigenvalue weighted by atomic mass is 16.4. The minimum absolute atomic E-state index is 0.0171. The Labute approximate surface area is 268 Å². The number of amides is 3. The van der Waals surface area contributed by atoms with Gasteiger partial charge >= 0.3 is 11.9 Å². The first-order valence-corrected chi connectivity index (χ1v) is 14.6. The lowest BCUT2D eigenvalue weighted by atomic mass is 10.0. The highest BCUT2D eigenvalue weighted by Crippen LogP contribution is 2.20. The number of benzene rings is 3. The maximum Gasteiger partial charge on any atom is 0.326 e. The zero-order chi connectivity index (χ0) is 34.1. The van der Waals surface area contributed by atoms with E-state index in [1.807, 2.05) is 18.2 Å². The van der Waals surface area contributed by atoms with Gasteiger partial charge in [0.25, 0.3) is 0 Å². The molecule has 4 rings (SSSR count). The van der Waals surface area contributed by atoms with E-state index in [-0.39, 0.29) is 30.8 Å². The van der Waals surface area contributed by atoms with Gasteiger partial charge in [0.2, 0.25) is 17.7 Å². The van der Waals surface area contributed by atoms with Crippen LogP contribution < -0.4 is 21.7 Å². The van der Waals surface area contributed by atoms with E-state index < -0.39 is 60.2 Å². The summed E-state index contributed by atoms with van der Waals surface area (Å²) in [7, 11) is 0. The fourth-order valence-corrected chi connectivity index (χ4v) is 4.98. The first-order chi connectivity index (χ1) is 22.4. The molecule has 4 unspecified atom stereocenters. The number of hydrogen-bond donors (Lipinski definition) is 9. The molecule has 4 aromatic rings. The number of carbonyl (C=O) groups is 5. The lowest BCUT2D eigenvalue weighted by molar-refractivity contribution is -0.143. The SMILES string of the molecule is NC(Cc1ccc(O)cc1)C(=O)NC(CC(=O)O)C(=O)NC(Cc1ccc(O)cc1)C(=O)NC(Cc1c[nH]c2ccccc12)C(=O)O. The van der Waals surface area contributed by atoms with Gasteiger partial charge in [-0.05, 0) is 53.4 Å². The summed E-state index contributed by atoms with van der Waals surface area (Å²) in [5, 5.41) is 46.6. The third-order valence-electron chi connectivity index (χ3n) is 7.46. The lowest BCUT2D eigenvalue weighted by Gasteiger charge is -2.25. The second-order valence-corrected chi connectivity index (χ2v) is 11.0. The van der Waals surface area contributed by atoms with Crippen molar-refractivity contribution in [2.24, 2.45) is 5.73 Å². The first-order valence-electron chi connectivity index (χ1n) is 14.6. The van der Waals surface area contributed by atoms with Gasteiger partial charge in [0.15, 0.2) is 0 Å². The zero-order valence-corrected chi connectivity index (χ0v) is 25.1. The van der Waals surface area contributed by atoms with E-state index in [0.717, 1.165) is 10.9 Å². The number of nitrogens with one attached hydrogen (secondary N) is 4. The number of carboxylic acid groups (broad SMARTS) is 2. The molecule has 0 bridgehead atoms. The molecule has 0 saturated carbocycles. The molecule has 246 valence electrons. The van der Waals surface area contributed by atoms with Gasteiger partial charge in [-0.1, -0.05) is 42.5 Å². The van der Waals surface area contributed by atoms with Crippen LogP contribution in [0.3, 0.4) is 0 Å². The molecule has 0 spiro atoms. The van der Waals surface area contributed by atoms with E-state index in [1.165, 1.54) is 36.4 Å². The number of carboxylic acids is 2. The van der Waals surface area contributed by atoms with Crippen LogP contribution in [0.2, 0.25) is 0 Å². The Morgan fingerprint density at radius 3 is 1.79 bits per heavy atom. The van der Waals surface area contributed by atoms with Gasteiger partial charge in [0.05, 0.1) is 12.5 Å². The van der Waals surface area contributed by atoms with E-state index in [9.17, 15) is 44.4 Å². The van der Waals surface area contributed by atoms with Gasteiger partial charge < -0.3 is 47.1 Å². The minimum Gasteiger partial charge on any atom is -0.508 e. The number of nitrogens with two attached hydrogens (primary N) is 1. The molecule has 3 aromatic carbocycles. The van der Waals surface area contributed by atoms with E-state index in [4.69, 9.17) is 5.73 Å².